The number of ether oxygens (including phenoxy) is 1. The second-order valence-corrected chi connectivity index (χ2v) is 5.62. The number of hydrogen-bond donors (Lipinski definition) is 1. The Hall–Kier alpha value is -3.08. The van der Waals surface area contributed by atoms with E-state index in [1.54, 1.807) is 37.4 Å². The maximum atomic E-state index is 12.4. The fourth-order valence-corrected chi connectivity index (χ4v) is 2.59. The summed E-state index contributed by atoms with van der Waals surface area (Å²) in [6.07, 6.45) is 0. The topological polar surface area (TPSA) is 68.5 Å². The molecule has 0 atom stereocenters. The Kier molecular flexibility index (Phi) is 4.08. The first kappa shape index (κ1) is 15.8. The maximum absolute atomic E-state index is 12.4. The Morgan fingerprint density at radius 1 is 1.08 bits per heavy atom. The highest BCUT2D eigenvalue weighted by Gasteiger charge is 2.14. The zero-order valence-corrected chi connectivity index (χ0v) is 13.7. The van der Waals surface area contributed by atoms with Gasteiger partial charge in [0, 0.05) is 11.8 Å². The van der Waals surface area contributed by atoms with E-state index in [-0.39, 0.29) is 11.2 Å². The van der Waals surface area contributed by atoms with Crippen molar-refractivity contribution in [2.75, 3.05) is 12.4 Å². The van der Waals surface area contributed by atoms with E-state index in [1.807, 2.05) is 19.9 Å². The van der Waals surface area contributed by atoms with E-state index >= 15 is 0 Å². The highest BCUT2D eigenvalue weighted by Crippen LogP contribution is 2.20. The Morgan fingerprint density at radius 3 is 2.46 bits per heavy atom. The smallest absolute Gasteiger partial charge is 0.291 e. The number of methoxy groups -OCH3 is 1. The molecule has 0 aliphatic rings. The lowest BCUT2D eigenvalue weighted by atomic mass is 10.1. The van der Waals surface area contributed by atoms with Crippen LogP contribution in [0.4, 0.5) is 5.69 Å². The molecular weight excluding hydrogens is 306 g/mol. The van der Waals surface area contributed by atoms with Crippen LogP contribution in [-0.2, 0) is 0 Å². The van der Waals surface area contributed by atoms with E-state index in [0.29, 0.717) is 22.4 Å². The highest BCUT2D eigenvalue weighted by atomic mass is 16.5. The largest absolute Gasteiger partial charge is 0.497 e. The second kappa shape index (κ2) is 6.20. The fourth-order valence-electron chi connectivity index (χ4n) is 2.59. The first-order valence-corrected chi connectivity index (χ1v) is 7.48. The van der Waals surface area contributed by atoms with Crippen molar-refractivity contribution in [1.29, 1.82) is 0 Å². The quantitative estimate of drug-likeness (QED) is 0.798. The average Bonchev–Trinajstić information content (AvgIpc) is 2.56. The molecule has 0 radical (unpaired) electrons. The Bertz CT molecular complexity index is 971. The van der Waals surface area contributed by atoms with Gasteiger partial charge in [0.25, 0.3) is 5.91 Å². The van der Waals surface area contributed by atoms with Crippen LogP contribution in [0.1, 0.15) is 21.7 Å². The molecule has 0 fully saturated rings. The minimum absolute atomic E-state index is 0.0183. The third-order valence-corrected chi connectivity index (χ3v) is 3.73. The van der Waals surface area contributed by atoms with Gasteiger partial charge in [-0.25, -0.2) is 0 Å². The van der Waals surface area contributed by atoms with Gasteiger partial charge in [-0.05, 0) is 55.3 Å². The fraction of sp³-hybridized carbons (Fsp3) is 0.158. The van der Waals surface area contributed by atoms with Crippen molar-refractivity contribution in [2.45, 2.75) is 13.8 Å². The van der Waals surface area contributed by atoms with Gasteiger partial charge in [0.2, 0.25) is 0 Å². The Balaban J connectivity index is 1.96. The summed E-state index contributed by atoms with van der Waals surface area (Å²) in [6.45, 7) is 3.76. The van der Waals surface area contributed by atoms with Crippen molar-refractivity contribution in [3.05, 3.63) is 69.6 Å². The van der Waals surface area contributed by atoms with Crippen molar-refractivity contribution in [2.24, 2.45) is 0 Å². The zero-order chi connectivity index (χ0) is 17.3. The molecule has 1 N–H and O–H groups in total. The van der Waals surface area contributed by atoms with Gasteiger partial charge in [-0.2, -0.15) is 0 Å². The molecule has 1 aromatic heterocycles. The molecule has 0 bridgehead atoms. The van der Waals surface area contributed by atoms with Gasteiger partial charge >= 0.3 is 0 Å². The summed E-state index contributed by atoms with van der Waals surface area (Å²) in [6, 6.07) is 11.8. The summed E-state index contributed by atoms with van der Waals surface area (Å²) < 4.78 is 10.7. The summed E-state index contributed by atoms with van der Waals surface area (Å²) in [5.41, 5.74) is 2.59. The molecule has 0 unspecified atom stereocenters. The monoisotopic (exact) mass is 323 g/mol. The average molecular weight is 323 g/mol. The third kappa shape index (κ3) is 3.01. The summed E-state index contributed by atoms with van der Waals surface area (Å²) >= 11 is 0. The zero-order valence-electron chi connectivity index (χ0n) is 13.7. The number of rotatable bonds is 3. The van der Waals surface area contributed by atoms with Crippen LogP contribution in [0, 0.1) is 13.8 Å². The van der Waals surface area contributed by atoms with E-state index in [9.17, 15) is 9.59 Å². The molecule has 122 valence electrons. The minimum Gasteiger partial charge on any atom is -0.497 e. The predicted molar refractivity (Wildman–Crippen MR) is 92.9 cm³/mol. The second-order valence-electron chi connectivity index (χ2n) is 5.62. The van der Waals surface area contributed by atoms with Crippen LogP contribution >= 0.6 is 0 Å². The van der Waals surface area contributed by atoms with Crippen molar-refractivity contribution in [3.63, 3.8) is 0 Å². The molecule has 0 saturated heterocycles. The molecule has 3 aromatic rings. The van der Waals surface area contributed by atoms with Gasteiger partial charge in [-0.1, -0.05) is 6.07 Å². The summed E-state index contributed by atoms with van der Waals surface area (Å²) in [5, 5.41) is 3.19. The first-order valence-electron chi connectivity index (χ1n) is 7.48. The first-order chi connectivity index (χ1) is 11.5. The maximum Gasteiger partial charge on any atom is 0.291 e. The summed E-state index contributed by atoms with van der Waals surface area (Å²) in [5.74, 6) is 0.200. The van der Waals surface area contributed by atoms with E-state index in [4.69, 9.17) is 9.15 Å². The number of anilines is 1. The van der Waals surface area contributed by atoms with Gasteiger partial charge in [0.05, 0.1) is 12.5 Å². The number of benzene rings is 2. The van der Waals surface area contributed by atoms with Crippen LogP contribution < -0.4 is 15.5 Å². The van der Waals surface area contributed by atoms with Gasteiger partial charge in [-0.3, -0.25) is 9.59 Å². The molecule has 3 rings (SSSR count). The lowest BCUT2D eigenvalue weighted by Crippen LogP contribution is -2.15. The van der Waals surface area contributed by atoms with Crippen LogP contribution in [-0.4, -0.2) is 13.0 Å². The molecule has 0 spiro atoms. The molecule has 0 aliphatic carbocycles. The van der Waals surface area contributed by atoms with Crippen molar-refractivity contribution < 1.29 is 13.9 Å². The predicted octanol–water partition coefficient (Wildman–Crippen LogP) is 3.67. The number of fused-ring (bicyclic) bond motifs is 1. The molecule has 0 aliphatic heterocycles. The van der Waals surface area contributed by atoms with E-state index in [1.165, 1.54) is 6.07 Å². The van der Waals surface area contributed by atoms with E-state index in [2.05, 4.69) is 5.32 Å². The Labute approximate surface area is 138 Å². The van der Waals surface area contributed by atoms with Gasteiger partial charge in [0.15, 0.2) is 11.2 Å². The summed E-state index contributed by atoms with van der Waals surface area (Å²) in [4.78, 5) is 24.7. The van der Waals surface area contributed by atoms with Gasteiger partial charge < -0.3 is 14.5 Å². The number of carbonyl (C=O) groups is 1. The van der Waals surface area contributed by atoms with Gasteiger partial charge in [0.1, 0.15) is 11.3 Å². The molecule has 1 amide bonds. The van der Waals surface area contributed by atoms with E-state index in [0.717, 1.165) is 11.1 Å². The normalized spacial score (nSPS) is 10.6. The van der Waals surface area contributed by atoms with Crippen LogP contribution in [0.2, 0.25) is 0 Å². The third-order valence-electron chi connectivity index (χ3n) is 3.73. The van der Waals surface area contributed by atoms with Gasteiger partial charge in [-0.15, -0.1) is 0 Å². The molecule has 0 saturated carbocycles. The molecule has 2 aromatic carbocycles. The number of aryl methyl sites for hydroxylation is 2. The summed E-state index contributed by atoms with van der Waals surface area (Å²) in [7, 11) is 1.57. The molecule has 5 nitrogen and oxygen atoms in total. The molecule has 5 heteroatoms. The standard InChI is InChI=1S/C19H17NO4/c1-11-8-12(2)18-15(9-11)16(21)10-17(24-18)19(22)20-13-4-6-14(23-3)7-5-13/h4-10H,1-3H3,(H,20,22). The highest BCUT2D eigenvalue weighted by molar-refractivity contribution is 6.03. The molecule has 24 heavy (non-hydrogen) atoms. The molecular formula is C19H17NO4. The van der Waals surface area contributed by atoms with Crippen LogP contribution in [0.5, 0.6) is 5.75 Å². The SMILES string of the molecule is COc1ccc(NC(=O)c2cc(=O)c3cc(C)cc(C)c3o2)cc1. The number of nitrogens with one attached hydrogen (secondary N) is 1. The van der Waals surface area contributed by atoms with Crippen molar-refractivity contribution in [3.8, 4) is 5.75 Å². The Morgan fingerprint density at radius 2 is 1.79 bits per heavy atom. The minimum atomic E-state index is -0.473. The lowest BCUT2D eigenvalue weighted by molar-refractivity contribution is 0.0997. The number of carbonyl (C=O) groups excluding carboxylic acids is 1. The van der Waals surface area contributed by atoms with Crippen LogP contribution in [0.3, 0.4) is 0 Å². The van der Waals surface area contributed by atoms with Crippen molar-refractivity contribution >= 4 is 22.6 Å². The van der Waals surface area contributed by atoms with Crippen LogP contribution in [0.25, 0.3) is 11.0 Å². The molecule has 1 heterocycles. The van der Waals surface area contributed by atoms with E-state index < -0.39 is 5.91 Å². The lowest BCUT2D eigenvalue weighted by Gasteiger charge is -2.08. The van der Waals surface area contributed by atoms with Crippen molar-refractivity contribution in [1.82, 2.24) is 0 Å². The van der Waals surface area contributed by atoms with Crippen LogP contribution in [0.15, 0.2) is 51.7 Å². The number of hydrogen-bond acceptors (Lipinski definition) is 4. The number of amides is 1.